The lowest BCUT2D eigenvalue weighted by atomic mass is 9.86. The maximum absolute atomic E-state index is 11.5. The molecule has 0 N–H and O–H groups in total. The molecule has 2 aromatic rings. The molecule has 0 radical (unpaired) electrons. The average molecular weight is 392 g/mol. The Morgan fingerprint density at radius 3 is 0.867 bits per heavy atom. The normalized spacial score (nSPS) is 12.1. The Labute approximate surface area is 174 Å². The van der Waals surface area contributed by atoms with Crippen LogP contribution in [-0.2, 0) is 9.59 Å². The molecule has 0 saturated heterocycles. The Morgan fingerprint density at radius 1 is 0.500 bits per heavy atom. The van der Waals surface area contributed by atoms with Crippen molar-refractivity contribution in [3.63, 3.8) is 0 Å². The first-order valence-corrected chi connectivity index (χ1v) is 8.62. The number of carbonyl (C=O) groups excluding carboxylic acids is 2. The molecular formula is C24H16N4O2. The summed E-state index contributed by atoms with van der Waals surface area (Å²) in [5.74, 6) is -2.12. The highest BCUT2D eigenvalue weighted by Gasteiger charge is 2.35. The van der Waals surface area contributed by atoms with Gasteiger partial charge in [0.25, 0.3) is 0 Å². The van der Waals surface area contributed by atoms with Gasteiger partial charge in [0.1, 0.15) is 46.6 Å². The molecule has 0 amide bonds. The van der Waals surface area contributed by atoms with Crippen LogP contribution < -0.4 is 0 Å². The van der Waals surface area contributed by atoms with Gasteiger partial charge in [-0.15, -0.1) is 0 Å². The highest BCUT2D eigenvalue weighted by atomic mass is 16.1. The van der Waals surface area contributed by atoms with Gasteiger partial charge in [0.2, 0.25) is 11.6 Å². The summed E-state index contributed by atoms with van der Waals surface area (Å²) in [5, 5.41) is 34.4. The van der Waals surface area contributed by atoms with E-state index in [2.05, 4.69) is 38.1 Å². The molecule has 0 fully saturated rings. The van der Waals surface area contributed by atoms with Gasteiger partial charge in [-0.1, -0.05) is 71.8 Å². The fraction of sp³-hybridized carbons (Fsp3) is 0.0833. The van der Waals surface area contributed by atoms with Crippen molar-refractivity contribution in [1.82, 2.24) is 0 Å². The van der Waals surface area contributed by atoms with Crippen LogP contribution in [0, 0.1) is 59.2 Å². The van der Waals surface area contributed by atoms with E-state index in [0.717, 1.165) is 0 Å². The Kier molecular flexibility index (Phi) is 9.17. The number of nitriles is 4. The fourth-order valence-electron chi connectivity index (χ4n) is 2.20. The molecule has 0 aliphatic heterocycles. The molecule has 0 aromatic heterocycles. The third-order valence-corrected chi connectivity index (χ3v) is 3.74. The number of hydrogen-bond donors (Lipinski definition) is 0. The van der Waals surface area contributed by atoms with Crippen LogP contribution in [0.15, 0.2) is 83.0 Å². The predicted molar refractivity (Wildman–Crippen MR) is 109 cm³/mol. The monoisotopic (exact) mass is 392 g/mol. The van der Waals surface area contributed by atoms with Crippen molar-refractivity contribution in [3.8, 4) is 24.3 Å². The Balaban J connectivity index is 0.000000263. The molecule has 2 aromatic carbocycles. The molecule has 0 saturated carbocycles. The quantitative estimate of drug-likeness (QED) is 0.627. The molecular weight excluding hydrogens is 376 g/mol. The van der Waals surface area contributed by atoms with Crippen LogP contribution in [-0.4, -0.2) is 11.6 Å². The van der Waals surface area contributed by atoms with E-state index in [-0.39, 0.29) is 0 Å². The zero-order valence-electron chi connectivity index (χ0n) is 16.4. The van der Waals surface area contributed by atoms with Crippen molar-refractivity contribution in [2.45, 2.75) is 13.8 Å². The van der Waals surface area contributed by atoms with Crippen molar-refractivity contribution in [1.29, 1.82) is 21.0 Å². The largest absolute Gasteiger partial charge is 0.287 e. The first kappa shape index (κ1) is 23.3. The standard InChI is InChI=1S/C10N4O2.2C7H8/c11-1-5-6(2-12)10(16)8(4-14)7(3-13)9(5)15;2*1-7-5-3-2-4-6-7/h;2*2-6H,1H3. The van der Waals surface area contributed by atoms with Crippen molar-refractivity contribution in [2.24, 2.45) is 0 Å². The van der Waals surface area contributed by atoms with E-state index < -0.39 is 33.9 Å². The first-order chi connectivity index (χ1) is 14.4. The van der Waals surface area contributed by atoms with E-state index in [0.29, 0.717) is 0 Å². The number of rotatable bonds is 0. The number of allylic oxidation sites excluding steroid dienone is 4. The van der Waals surface area contributed by atoms with Gasteiger partial charge in [-0.2, -0.15) is 21.0 Å². The fourth-order valence-corrected chi connectivity index (χ4v) is 2.20. The topological polar surface area (TPSA) is 129 Å². The first-order valence-electron chi connectivity index (χ1n) is 8.62. The van der Waals surface area contributed by atoms with Gasteiger partial charge in [0.05, 0.1) is 0 Å². The van der Waals surface area contributed by atoms with E-state index in [1.165, 1.54) is 35.4 Å². The van der Waals surface area contributed by atoms with Gasteiger partial charge in [0, 0.05) is 0 Å². The van der Waals surface area contributed by atoms with Crippen LogP contribution in [0.25, 0.3) is 0 Å². The highest BCUT2D eigenvalue weighted by Crippen LogP contribution is 2.23. The summed E-state index contributed by atoms with van der Waals surface area (Å²) in [5.41, 5.74) is -0.123. The SMILES string of the molecule is Cc1ccccc1.Cc1ccccc1.N#CC1=C(C#N)C(=O)C(C#N)=C(C#N)C1=O. The molecule has 6 heteroatoms. The zero-order chi connectivity index (χ0) is 22.5. The summed E-state index contributed by atoms with van der Waals surface area (Å²) in [4.78, 5) is 22.9. The second-order valence-corrected chi connectivity index (χ2v) is 5.91. The van der Waals surface area contributed by atoms with Crippen LogP contribution >= 0.6 is 0 Å². The van der Waals surface area contributed by atoms with Gasteiger partial charge in [-0.25, -0.2) is 0 Å². The second-order valence-electron chi connectivity index (χ2n) is 5.91. The summed E-state index contributed by atoms with van der Waals surface area (Å²) in [6.45, 7) is 4.17. The van der Waals surface area contributed by atoms with E-state index in [1.54, 1.807) is 0 Å². The smallest absolute Gasteiger partial charge is 0.217 e. The Bertz CT molecular complexity index is 1020. The molecule has 0 bridgehead atoms. The molecule has 1 aliphatic rings. The van der Waals surface area contributed by atoms with E-state index in [1.807, 2.05) is 36.4 Å². The van der Waals surface area contributed by atoms with E-state index in [4.69, 9.17) is 21.0 Å². The maximum Gasteiger partial charge on any atom is 0.217 e. The van der Waals surface area contributed by atoms with E-state index in [9.17, 15) is 9.59 Å². The number of aryl methyl sites for hydroxylation is 2. The minimum atomic E-state index is -1.06. The van der Waals surface area contributed by atoms with Crippen LogP contribution in [0.2, 0.25) is 0 Å². The number of nitrogens with zero attached hydrogens (tertiary/aromatic N) is 4. The molecule has 6 nitrogen and oxygen atoms in total. The summed E-state index contributed by atoms with van der Waals surface area (Å²) in [7, 11) is 0. The van der Waals surface area contributed by atoms with Gasteiger partial charge in [0.15, 0.2) is 0 Å². The number of benzene rings is 2. The minimum absolute atomic E-state index is 0.692. The van der Waals surface area contributed by atoms with Crippen molar-refractivity contribution in [3.05, 3.63) is 94.1 Å². The molecule has 30 heavy (non-hydrogen) atoms. The van der Waals surface area contributed by atoms with E-state index >= 15 is 0 Å². The number of carbonyl (C=O) groups is 2. The van der Waals surface area contributed by atoms with Crippen molar-refractivity contribution >= 4 is 11.6 Å². The lowest BCUT2D eigenvalue weighted by Gasteiger charge is -2.08. The molecule has 1 aliphatic carbocycles. The van der Waals surface area contributed by atoms with Crippen LogP contribution in [0.5, 0.6) is 0 Å². The van der Waals surface area contributed by atoms with Gasteiger partial charge in [-0.05, 0) is 13.8 Å². The average Bonchev–Trinajstić information content (AvgIpc) is 2.76. The van der Waals surface area contributed by atoms with Gasteiger partial charge < -0.3 is 0 Å². The summed E-state index contributed by atoms with van der Waals surface area (Å²) in [6.07, 6.45) is 0. The Hall–Kier alpha value is -4.78. The number of hydrogen-bond acceptors (Lipinski definition) is 6. The second kappa shape index (κ2) is 11.8. The summed E-state index contributed by atoms with van der Waals surface area (Å²) >= 11 is 0. The molecule has 0 unspecified atom stereocenters. The molecule has 0 atom stereocenters. The summed E-state index contributed by atoms with van der Waals surface area (Å²) in [6, 6.07) is 26.1. The Morgan fingerprint density at radius 2 is 0.733 bits per heavy atom. The molecule has 144 valence electrons. The maximum atomic E-state index is 11.5. The van der Waals surface area contributed by atoms with Crippen LogP contribution in [0.3, 0.4) is 0 Å². The van der Waals surface area contributed by atoms with Crippen molar-refractivity contribution < 1.29 is 9.59 Å². The zero-order valence-corrected chi connectivity index (χ0v) is 16.4. The van der Waals surface area contributed by atoms with Crippen LogP contribution in [0.4, 0.5) is 0 Å². The third-order valence-electron chi connectivity index (χ3n) is 3.74. The highest BCUT2D eigenvalue weighted by molar-refractivity contribution is 6.30. The van der Waals surface area contributed by atoms with Gasteiger partial charge >= 0.3 is 0 Å². The number of Topliss-reactive ketones (excluding diaryl/α,β-unsaturated/α-hetero) is 2. The minimum Gasteiger partial charge on any atom is -0.287 e. The lowest BCUT2D eigenvalue weighted by molar-refractivity contribution is -0.115. The molecule has 0 spiro atoms. The number of ketones is 2. The molecule has 0 heterocycles. The predicted octanol–water partition coefficient (Wildman–Crippen LogP) is 3.82. The van der Waals surface area contributed by atoms with Crippen LogP contribution in [0.1, 0.15) is 11.1 Å². The van der Waals surface area contributed by atoms with Crippen molar-refractivity contribution in [2.75, 3.05) is 0 Å². The summed E-state index contributed by atoms with van der Waals surface area (Å²) < 4.78 is 0. The lowest BCUT2D eigenvalue weighted by Crippen LogP contribution is -2.21. The van der Waals surface area contributed by atoms with Gasteiger partial charge in [-0.3, -0.25) is 9.59 Å². The molecule has 3 rings (SSSR count). The third kappa shape index (κ3) is 6.14.